The van der Waals surface area contributed by atoms with Crippen molar-refractivity contribution in [2.45, 2.75) is 37.3 Å². The van der Waals surface area contributed by atoms with Gasteiger partial charge in [0, 0.05) is 12.3 Å². The number of thioether (sulfide) groups is 1. The highest BCUT2D eigenvalue weighted by atomic mass is 32.2. The maximum Gasteiger partial charge on any atom is 0.308 e. The van der Waals surface area contributed by atoms with Crippen LogP contribution in [0.25, 0.3) is 10.2 Å². The average molecular weight is 473 g/mol. The van der Waals surface area contributed by atoms with Crippen molar-refractivity contribution in [2.75, 3.05) is 0 Å². The molecule has 0 N–H and O–H groups in total. The number of para-hydroxylation sites is 1. The quantitative estimate of drug-likeness (QED) is 0.278. The van der Waals surface area contributed by atoms with Crippen molar-refractivity contribution in [1.29, 1.82) is 0 Å². The number of nitrogens with zero attached hydrogens (tertiary/aromatic N) is 4. The Kier molecular flexibility index (Phi) is 6.41. The molecule has 5 nitrogen and oxygen atoms in total. The molecule has 3 aromatic carbocycles. The van der Waals surface area contributed by atoms with Gasteiger partial charge in [-0.05, 0) is 42.2 Å². The Hall–Kier alpha value is -3.16. The highest BCUT2D eigenvalue weighted by Crippen LogP contribution is 2.25. The molecule has 0 fully saturated rings. The summed E-state index contributed by atoms with van der Waals surface area (Å²) >= 11 is 2.97. The third-order valence-corrected chi connectivity index (χ3v) is 7.73. The van der Waals surface area contributed by atoms with E-state index < -0.39 is 0 Å². The van der Waals surface area contributed by atoms with E-state index in [0.29, 0.717) is 6.54 Å². The molecular weight excluding hydrogens is 448 g/mol. The number of aromatic nitrogens is 4. The Balaban J connectivity index is 1.45. The van der Waals surface area contributed by atoms with E-state index in [1.807, 2.05) is 30.3 Å². The fourth-order valence-electron chi connectivity index (χ4n) is 3.87. The van der Waals surface area contributed by atoms with Crippen LogP contribution >= 0.6 is 23.1 Å². The van der Waals surface area contributed by atoms with E-state index in [2.05, 4.69) is 70.2 Å². The molecule has 0 spiro atoms. The number of thiazole rings is 1. The van der Waals surface area contributed by atoms with Gasteiger partial charge in [-0.15, -0.1) is 10.2 Å². The Bertz CT molecular complexity index is 1440. The second-order valence-corrected chi connectivity index (χ2v) is 9.86. The van der Waals surface area contributed by atoms with Crippen LogP contribution in [0.15, 0.2) is 88.8 Å². The van der Waals surface area contributed by atoms with Crippen LogP contribution in [-0.4, -0.2) is 19.3 Å². The molecule has 0 amide bonds. The van der Waals surface area contributed by atoms with E-state index in [1.54, 1.807) is 16.3 Å². The van der Waals surface area contributed by atoms with E-state index >= 15 is 0 Å². The normalized spacial score (nSPS) is 11.3. The molecule has 2 heterocycles. The molecule has 166 valence electrons. The van der Waals surface area contributed by atoms with E-state index in [0.717, 1.165) is 39.9 Å². The summed E-state index contributed by atoms with van der Waals surface area (Å²) < 4.78 is 4.97. The van der Waals surface area contributed by atoms with Crippen molar-refractivity contribution in [2.24, 2.45) is 0 Å². The zero-order valence-corrected chi connectivity index (χ0v) is 20.0. The number of benzene rings is 3. The van der Waals surface area contributed by atoms with E-state index in [4.69, 9.17) is 0 Å². The molecule has 0 aliphatic carbocycles. The van der Waals surface area contributed by atoms with Gasteiger partial charge in [0.1, 0.15) is 0 Å². The van der Waals surface area contributed by atoms with Crippen molar-refractivity contribution in [3.8, 4) is 0 Å². The zero-order chi connectivity index (χ0) is 22.6. The minimum absolute atomic E-state index is 0.0305. The Morgan fingerprint density at radius 2 is 1.64 bits per heavy atom. The average Bonchev–Trinajstić information content (AvgIpc) is 3.38. The molecule has 0 saturated carbocycles. The summed E-state index contributed by atoms with van der Waals surface area (Å²) in [6, 6.07) is 26.8. The predicted molar refractivity (Wildman–Crippen MR) is 136 cm³/mol. The number of fused-ring (bicyclic) bond motifs is 1. The van der Waals surface area contributed by atoms with Gasteiger partial charge in [-0.3, -0.25) is 9.36 Å². The van der Waals surface area contributed by atoms with Crippen LogP contribution in [0.4, 0.5) is 0 Å². The van der Waals surface area contributed by atoms with Crippen molar-refractivity contribution in [3.05, 3.63) is 111 Å². The summed E-state index contributed by atoms with van der Waals surface area (Å²) in [7, 11) is 0. The molecule has 0 bridgehead atoms. The molecular formula is C26H24N4OS2. The van der Waals surface area contributed by atoms with Gasteiger partial charge < -0.3 is 4.57 Å². The number of hydrogen-bond acceptors (Lipinski definition) is 5. The molecule has 5 rings (SSSR count). The molecule has 0 radical (unpaired) electrons. The minimum atomic E-state index is 0.0305. The summed E-state index contributed by atoms with van der Waals surface area (Å²) in [5, 5.41) is 9.94. The first-order chi connectivity index (χ1) is 16.2. The maximum absolute atomic E-state index is 12.7. The van der Waals surface area contributed by atoms with Gasteiger partial charge in [-0.25, -0.2) is 0 Å². The van der Waals surface area contributed by atoms with Crippen molar-refractivity contribution in [3.63, 3.8) is 0 Å². The highest BCUT2D eigenvalue weighted by Gasteiger charge is 2.16. The van der Waals surface area contributed by atoms with Gasteiger partial charge in [0.05, 0.1) is 16.8 Å². The smallest absolute Gasteiger partial charge is 0.304 e. The van der Waals surface area contributed by atoms with Gasteiger partial charge in [-0.1, -0.05) is 89.8 Å². The predicted octanol–water partition coefficient (Wildman–Crippen LogP) is 5.55. The van der Waals surface area contributed by atoms with Gasteiger partial charge in [0.25, 0.3) is 0 Å². The van der Waals surface area contributed by atoms with Crippen LogP contribution in [-0.2, 0) is 25.3 Å². The molecule has 0 saturated heterocycles. The van der Waals surface area contributed by atoms with Crippen LogP contribution in [0.1, 0.15) is 22.5 Å². The standard InChI is InChI=1S/C26H24N4OS2/c1-19-9-5-6-12-21(19)18-32-25-28-27-24(29(25)16-15-20-10-3-2-4-11-20)17-30-22-13-7-8-14-23(22)33-26(30)31/h2-14H,15-18H2,1H3. The third kappa shape index (κ3) is 4.79. The van der Waals surface area contributed by atoms with Gasteiger partial charge in [0.2, 0.25) is 0 Å². The number of hydrogen-bond donors (Lipinski definition) is 0. The zero-order valence-electron chi connectivity index (χ0n) is 18.3. The van der Waals surface area contributed by atoms with Crippen LogP contribution in [0.5, 0.6) is 0 Å². The van der Waals surface area contributed by atoms with E-state index in [9.17, 15) is 4.79 Å². The lowest BCUT2D eigenvalue weighted by Gasteiger charge is -2.12. The van der Waals surface area contributed by atoms with Crippen molar-refractivity contribution < 1.29 is 0 Å². The number of rotatable bonds is 8. The molecule has 33 heavy (non-hydrogen) atoms. The lowest BCUT2D eigenvalue weighted by Crippen LogP contribution is -2.18. The molecule has 7 heteroatoms. The molecule has 0 unspecified atom stereocenters. The van der Waals surface area contributed by atoms with Crippen LogP contribution in [0.3, 0.4) is 0 Å². The second-order valence-electron chi connectivity index (χ2n) is 7.92. The summed E-state index contributed by atoms with van der Waals surface area (Å²) in [4.78, 5) is 12.7. The van der Waals surface area contributed by atoms with Crippen LogP contribution < -0.4 is 4.87 Å². The molecule has 2 aromatic heterocycles. The lowest BCUT2D eigenvalue weighted by atomic mass is 10.1. The van der Waals surface area contributed by atoms with Gasteiger partial charge >= 0.3 is 4.87 Å². The van der Waals surface area contributed by atoms with Crippen LogP contribution in [0.2, 0.25) is 0 Å². The van der Waals surface area contributed by atoms with E-state index in [-0.39, 0.29) is 4.87 Å². The highest BCUT2D eigenvalue weighted by molar-refractivity contribution is 7.98. The molecule has 0 aliphatic heterocycles. The van der Waals surface area contributed by atoms with Crippen molar-refractivity contribution >= 4 is 33.3 Å². The largest absolute Gasteiger partial charge is 0.308 e. The number of aryl methyl sites for hydroxylation is 2. The Labute approximate surface area is 200 Å². The first kappa shape index (κ1) is 21.7. The second kappa shape index (κ2) is 9.77. The SMILES string of the molecule is Cc1ccccc1CSc1nnc(Cn2c(=O)sc3ccccc32)n1CCc1ccccc1. The monoisotopic (exact) mass is 472 g/mol. The molecule has 0 atom stereocenters. The molecule has 5 aromatic rings. The third-order valence-electron chi connectivity index (χ3n) is 5.75. The fourth-order valence-corrected chi connectivity index (χ4v) is 5.82. The summed E-state index contributed by atoms with van der Waals surface area (Å²) in [6.45, 7) is 3.31. The van der Waals surface area contributed by atoms with Crippen molar-refractivity contribution in [1.82, 2.24) is 19.3 Å². The summed E-state index contributed by atoms with van der Waals surface area (Å²) in [6.07, 6.45) is 0.878. The Morgan fingerprint density at radius 1 is 0.879 bits per heavy atom. The first-order valence-electron chi connectivity index (χ1n) is 10.9. The van der Waals surface area contributed by atoms with Gasteiger partial charge in [-0.2, -0.15) is 0 Å². The fraction of sp³-hybridized carbons (Fsp3) is 0.192. The minimum Gasteiger partial charge on any atom is -0.304 e. The molecule has 0 aliphatic rings. The Morgan fingerprint density at radius 3 is 2.48 bits per heavy atom. The first-order valence-corrected chi connectivity index (χ1v) is 12.7. The summed E-state index contributed by atoms with van der Waals surface area (Å²) in [5.74, 6) is 1.64. The maximum atomic E-state index is 12.7. The van der Waals surface area contributed by atoms with Crippen LogP contribution in [0, 0.1) is 6.92 Å². The topological polar surface area (TPSA) is 52.7 Å². The van der Waals surface area contributed by atoms with Gasteiger partial charge in [0.15, 0.2) is 11.0 Å². The van der Waals surface area contributed by atoms with E-state index in [1.165, 1.54) is 28.0 Å². The summed E-state index contributed by atoms with van der Waals surface area (Å²) in [5.41, 5.74) is 4.78. The lowest BCUT2D eigenvalue weighted by molar-refractivity contribution is 0.586.